The molecule has 4 rings (SSSR count). The third-order valence-electron chi connectivity index (χ3n) is 4.96. The number of amides is 2. The van der Waals surface area contributed by atoms with E-state index in [0.717, 1.165) is 0 Å². The summed E-state index contributed by atoms with van der Waals surface area (Å²) in [6.45, 7) is 0. The molecule has 0 aliphatic carbocycles. The Morgan fingerprint density at radius 1 is 0.941 bits per heavy atom. The van der Waals surface area contributed by atoms with E-state index in [4.69, 9.17) is 0 Å². The molecule has 0 saturated carbocycles. The number of hydrogen-bond donors (Lipinski definition) is 5. The molecular formula is C24H19N5O5. The number of hydrazone groups is 1. The lowest BCUT2D eigenvalue weighted by Crippen LogP contribution is -2.40. The standard InChI is InChI=1S/C24H19N5O5/c30-18-11-10-14(12-19(18)31)13-25-28-24(34)21(26-22(32)15-6-2-1-3-7-15)20-16-8-4-5-9-17(16)23(33)29-27-20/h1-13,21,30-31H,(H,26,32)(H,28,34)(H,29,33)/b25-13+/t21-/m1/s1. The van der Waals surface area contributed by atoms with Gasteiger partial charge >= 0.3 is 0 Å². The van der Waals surface area contributed by atoms with Crippen molar-refractivity contribution in [3.8, 4) is 11.5 Å². The van der Waals surface area contributed by atoms with Crippen LogP contribution in [0.4, 0.5) is 0 Å². The molecule has 170 valence electrons. The highest BCUT2D eigenvalue weighted by Gasteiger charge is 2.27. The van der Waals surface area contributed by atoms with Crippen LogP contribution in [0.5, 0.6) is 11.5 Å². The van der Waals surface area contributed by atoms with Gasteiger partial charge in [-0.25, -0.2) is 10.5 Å². The summed E-state index contributed by atoms with van der Waals surface area (Å²) in [4.78, 5) is 38.1. The zero-order chi connectivity index (χ0) is 24.1. The third-order valence-corrected chi connectivity index (χ3v) is 4.96. The van der Waals surface area contributed by atoms with Crippen molar-refractivity contribution in [3.63, 3.8) is 0 Å². The number of aromatic hydroxyl groups is 2. The van der Waals surface area contributed by atoms with Gasteiger partial charge in [-0.05, 0) is 42.0 Å². The molecule has 34 heavy (non-hydrogen) atoms. The van der Waals surface area contributed by atoms with Gasteiger partial charge in [-0.15, -0.1) is 0 Å². The first-order chi connectivity index (χ1) is 16.4. The van der Waals surface area contributed by atoms with Crippen molar-refractivity contribution in [2.75, 3.05) is 0 Å². The van der Waals surface area contributed by atoms with Crippen molar-refractivity contribution in [1.29, 1.82) is 0 Å². The Hall–Kier alpha value is -4.99. The molecule has 1 aromatic heterocycles. The summed E-state index contributed by atoms with van der Waals surface area (Å²) in [6.07, 6.45) is 1.26. The second-order valence-corrected chi connectivity index (χ2v) is 7.24. The number of benzene rings is 3. The van der Waals surface area contributed by atoms with Gasteiger partial charge in [0.05, 0.1) is 11.6 Å². The summed E-state index contributed by atoms with van der Waals surface area (Å²) in [5.41, 5.74) is 2.78. The number of carbonyl (C=O) groups is 2. The topological polar surface area (TPSA) is 157 Å². The van der Waals surface area contributed by atoms with Crippen LogP contribution in [0.15, 0.2) is 82.7 Å². The van der Waals surface area contributed by atoms with Crippen LogP contribution in [0, 0.1) is 0 Å². The summed E-state index contributed by atoms with van der Waals surface area (Å²) in [5.74, 6) is -1.87. The summed E-state index contributed by atoms with van der Waals surface area (Å²) in [7, 11) is 0. The maximum Gasteiger partial charge on any atom is 0.272 e. The molecule has 0 fully saturated rings. The summed E-state index contributed by atoms with van der Waals surface area (Å²) < 4.78 is 0. The van der Waals surface area contributed by atoms with Crippen LogP contribution < -0.4 is 16.3 Å². The number of fused-ring (bicyclic) bond motifs is 1. The maximum atomic E-state index is 13.1. The van der Waals surface area contributed by atoms with Crippen LogP contribution in [-0.4, -0.2) is 38.4 Å². The average molecular weight is 457 g/mol. The molecule has 5 N–H and O–H groups in total. The Bertz CT molecular complexity index is 1450. The van der Waals surface area contributed by atoms with Crippen LogP contribution in [0.3, 0.4) is 0 Å². The molecule has 3 aromatic carbocycles. The number of rotatable bonds is 6. The van der Waals surface area contributed by atoms with E-state index in [9.17, 15) is 24.6 Å². The molecule has 4 aromatic rings. The second-order valence-electron chi connectivity index (χ2n) is 7.24. The van der Waals surface area contributed by atoms with E-state index in [1.807, 2.05) is 0 Å². The zero-order valence-electron chi connectivity index (χ0n) is 17.6. The smallest absolute Gasteiger partial charge is 0.272 e. The third kappa shape index (κ3) is 4.75. The zero-order valence-corrected chi connectivity index (χ0v) is 17.6. The Morgan fingerprint density at radius 2 is 1.65 bits per heavy atom. The SMILES string of the molecule is O=C(N[C@@H](C(=O)N/N=C/c1ccc(O)c(O)c1)c1n[nH]c(=O)c2ccccc12)c1ccccc1. The van der Waals surface area contributed by atoms with Gasteiger partial charge in [0.15, 0.2) is 17.5 Å². The minimum atomic E-state index is -1.29. The lowest BCUT2D eigenvalue weighted by molar-refractivity contribution is -0.123. The predicted octanol–water partition coefficient (Wildman–Crippen LogP) is 1.96. The second kappa shape index (κ2) is 9.65. The average Bonchev–Trinajstić information content (AvgIpc) is 2.86. The first kappa shape index (κ1) is 22.2. The fourth-order valence-corrected chi connectivity index (χ4v) is 3.27. The fraction of sp³-hybridized carbons (Fsp3) is 0.0417. The molecule has 2 amide bonds. The number of phenols is 2. The minimum Gasteiger partial charge on any atom is -0.504 e. The molecule has 0 radical (unpaired) electrons. The van der Waals surface area contributed by atoms with Crippen LogP contribution >= 0.6 is 0 Å². The fourth-order valence-electron chi connectivity index (χ4n) is 3.27. The number of hydrogen-bond acceptors (Lipinski definition) is 7. The molecule has 0 saturated heterocycles. The van der Waals surface area contributed by atoms with Crippen molar-refractivity contribution in [2.24, 2.45) is 5.10 Å². The molecular weight excluding hydrogens is 438 g/mol. The van der Waals surface area contributed by atoms with Crippen molar-refractivity contribution in [3.05, 3.63) is 100.0 Å². The van der Waals surface area contributed by atoms with Gasteiger partial charge in [0.25, 0.3) is 17.4 Å². The van der Waals surface area contributed by atoms with E-state index in [1.165, 1.54) is 24.4 Å². The highest BCUT2D eigenvalue weighted by Crippen LogP contribution is 2.24. The van der Waals surface area contributed by atoms with Crippen LogP contribution in [0.1, 0.15) is 27.7 Å². The molecule has 10 nitrogen and oxygen atoms in total. The number of aromatic amines is 1. The van der Waals surface area contributed by atoms with Crippen molar-refractivity contribution in [2.45, 2.75) is 6.04 Å². The first-order valence-electron chi connectivity index (χ1n) is 10.1. The Labute approximate surface area is 192 Å². The lowest BCUT2D eigenvalue weighted by atomic mass is 10.0. The van der Waals surface area contributed by atoms with Crippen LogP contribution in [-0.2, 0) is 4.79 Å². The van der Waals surface area contributed by atoms with Gasteiger partial charge in [-0.3, -0.25) is 14.4 Å². The van der Waals surface area contributed by atoms with Gasteiger partial charge in [0.2, 0.25) is 0 Å². The number of aromatic nitrogens is 2. The molecule has 1 atom stereocenters. The molecule has 0 aliphatic rings. The minimum absolute atomic E-state index is 0.134. The number of carbonyl (C=O) groups excluding carboxylic acids is 2. The Kier molecular flexibility index (Phi) is 6.31. The largest absolute Gasteiger partial charge is 0.504 e. The summed E-state index contributed by atoms with van der Waals surface area (Å²) in [6, 6.07) is 17.6. The highest BCUT2D eigenvalue weighted by molar-refractivity contribution is 5.99. The maximum absolute atomic E-state index is 13.1. The number of nitrogens with one attached hydrogen (secondary N) is 3. The van der Waals surface area contributed by atoms with Gasteiger partial charge in [-0.2, -0.15) is 10.2 Å². The molecule has 0 spiro atoms. The van der Waals surface area contributed by atoms with E-state index in [1.54, 1.807) is 54.6 Å². The monoisotopic (exact) mass is 457 g/mol. The molecule has 0 bridgehead atoms. The van der Waals surface area contributed by atoms with Gasteiger partial charge in [0.1, 0.15) is 5.69 Å². The Balaban J connectivity index is 1.66. The van der Waals surface area contributed by atoms with Crippen LogP contribution in [0.25, 0.3) is 10.8 Å². The number of phenolic OH excluding ortho intramolecular Hbond substituents is 2. The molecule has 1 heterocycles. The predicted molar refractivity (Wildman–Crippen MR) is 125 cm³/mol. The van der Waals surface area contributed by atoms with E-state index in [0.29, 0.717) is 21.9 Å². The van der Waals surface area contributed by atoms with E-state index in [2.05, 4.69) is 26.0 Å². The lowest BCUT2D eigenvalue weighted by Gasteiger charge is -2.18. The Morgan fingerprint density at radius 3 is 2.38 bits per heavy atom. The summed E-state index contributed by atoms with van der Waals surface area (Å²) >= 11 is 0. The first-order valence-corrected chi connectivity index (χ1v) is 10.1. The van der Waals surface area contributed by atoms with Gasteiger partial charge < -0.3 is 15.5 Å². The summed E-state index contributed by atoms with van der Waals surface area (Å²) in [5, 5.41) is 32.6. The van der Waals surface area contributed by atoms with E-state index in [-0.39, 0.29) is 17.2 Å². The van der Waals surface area contributed by atoms with Gasteiger partial charge in [0, 0.05) is 10.9 Å². The van der Waals surface area contributed by atoms with Gasteiger partial charge in [-0.1, -0.05) is 36.4 Å². The van der Waals surface area contributed by atoms with E-state index < -0.39 is 23.4 Å². The number of nitrogens with zero attached hydrogens (tertiary/aromatic N) is 2. The van der Waals surface area contributed by atoms with Crippen molar-refractivity contribution in [1.82, 2.24) is 20.9 Å². The molecule has 10 heteroatoms. The number of H-pyrrole nitrogens is 1. The van der Waals surface area contributed by atoms with E-state index >= 15 is 0 Å². The van der Waals surface area contributed by atoms with Crippen molar-refractivity contribution >= 4 is 28.8 Å². The molecule has 0 aliphatic heterocycles. The van der Waals surface area contributed by atoms with Crippen LogP contribution in [0.2, 0.25) is 0 Å². The quantitative estimate of drug-likeness (QED) is 0.169. The highest BCUT2D eigenvalue weighted by atomic mass is 16.3. The molecule has 0 unspecified atom stereocenters. The normalized spacial score (nSPS) is 11.9. The van der Waals surface area contributed by atoms with Crippen molar-refractivity contribution < 1.29 is 19.8 Å².